The second-order valence-electron chi connectivity index (χ2n) is 5.37. The quantitative estimate of drug-likeness (QED) is 0.633. The van der Waals surface area contributed by atoms with Crippen LogP contribution in [0.5, 0.6) is 0 Å². The van der Waals surface area contributed by atoms with Gasteiger partial charge in [-0.25, -0.2) is 0 Å². The number of nitrogens with one attached hydrogen (secondary N) is 1. The third kappa shape index (κ3) is 6.69. The number of likely N-dealkylation sites (tertiary alicyclic amines) is 1. The van der Waals surface area contributed by atoms with Crippen molar-refractivity contribution in [1.82, 2.24) is 10.2 Å². The minimum atomic E-state index is 0.617. The summed E-state index contributed by atoms with van der Waals surface area (Å²) in [6.07, 6.45) is 3.78. The normalized spacial score (nSPS) is 23.2. The lowest BCUT2D eigenvalue weighted by atomic mass is 9.92. The third-order valence-electron chi connectivity index (χ3n) is 3.73. The van der Waals surface area contributed by atoms with Crippen molar-refractivity contribution in [2.24, 2.45) is 5.92 Å². The molecule has 1 aliphatic heterocycles. The zero-order valence-corrected chi connectivity index (χ0v) is 12.3. The Bertz CT molecular complexity index is 202. The topological polar surface area (TPSA) is 33.7 Å². The molecule has 4 heteroatoms. The first-order valence-corrected chi connectivity index (χ1v) is 7.22. The second-order valence-corrected chi connectivity index (χ2v) is 5.37. The van der Waals surface area contributed by atoms with E-state index in [0.717, 1.165) is 25.5 Å². The molecule has 0 aromatic rings. The predicted molar refractivity (Wildman–Crippen MR) is 75.0 cm³/mol. The SMILES string of the molecule is COCCOCCCNC(C)C1CCCN(C)C1. The summed E-state index contributed by atoms with van der Waals surface area (Å²) < 4.78 is 10.4. The van der Waals surface area contributed by atoms with Gasteiger partial charge in [0.2, 0.25) is 0 Å². The van der Waals surface area contributed by atoms with Crippen LogP contribution in [0.3, 0.4) is 0 Å². The molecule has 0 amide bonds. The zero-order valence-electron chi connectivity index (χ0n) is 12.3. The summed E-state index contributed by atoms with van der Waals surface area (Å²) >= 11 is 0. The molecule has 108 valence electrons. The Balaban J connectivity index is 1.97. The van der Waals surface area contributed by atoms with Crippen molar-refractivity contribution in [2.75, 3.05) is 53.6 Å². The number of hydrogen-bond acceptors (Lipinski definition) is 4. The molecule has 4 nitrogen and oxygen atoms in total. The summed E-state index contributed by atoms with van der Waals surface area (Å²) in [6, 6.07) is 0.617. The highest BCUT2D eigenvalue weighted by atomic mass is 16.5. The molecule has 0 bridgehead atoms. The molecule has 1 aliphatic rings. The number of ether oxygens (including phenoxy) is 2. The van der Waals surface area contributed by atoms with Crippen LogP contribution in [0.2, 0.25) is 0 Å². The van der Waals surface area contributed by atoms with Crippen LogP contribution in [-0.4, -0.2) is 64.6 Å². The van der Waals surface area contributed by atoms with Crippen LogP contribution >= 0.6 is 0 Å². The first kappa shape index (κ1) is 15.9. The summed E-state index contributed by atoms with van der Waals surface area (Å²) in [7, 11) is 3.93. The highest BCUT2D eigenvalue weighted by Crippen LogP contribution is 2.18. The van der Waals surface area contributed by atoms with E-state index in [1.54, 1.807) is 7.11 Å². The zero-order chi connectivity index (χ0) is 13.2. The van der Waals surface area contributed by atoms with Gasteiger partial charge in [-0.2, -0.15) is 0 Å². The number of nitrogens with zero attached hydrogens (tertiary/aromatic N) is 1. The standard InChI is InChI=1S/C14H30N2O2/c1-13(14-6-4-8-16(2)12-14)15-7-5-9-18-11-10-17-3/h13-15H,4-12H2,1-3H3. The fourth-order valence-electron chi connectivity index (χ4n) is 2.53. The van der Waals surface area contributed by atoms with E-state index in [4.69, 9.17) is 9.47 Å². The molecule has 2 unspecified atom stereocenters. The van der Waals surface area contributed by atoms with Crippen LogP contribution in [-0.2, 0) is 9.47 Å². The molecular weight excluding hydrogens is 228 g/mol. The largest absolute Gasteiger partial charge is 0.382 e. The Labute approximate surface area is 112 Å². The van der Waals surface area contributed by atoms with Gasteiger partial charge in [-0.3, -0.25) is 0 Å². The Morgan fingerprint density at radius 3 is 2.89 bits per heavy atom. The summed E-state index contributed by atoms with van der Waals surface area (Å²) in [5.74, 6) is 0.804. The molecule has 1 heterocycles. The maximum Gasteiger partial charge on any atom is 0.0700 e. The van der Waals surface area contributed by atoms with Gasteiger partial charge in [-0.1, -0.05) is 0 Å². The van der Waals surface area contributed by atoms with Crippen molar-refractivity contribution in [3.8, 4) is 0 Å². The van der Waals surface area contributed by atoms with Crippen molar-refractivity contribution in [1.29, 1.82) is 0 Å². The van der Waals surface area contributed by atoms with Crippen LogP contribution in [0.15, 0.2) is 0 Å². The molecule has 1 rings (SSSR count). The average molecular weight is 258 g/mol. The Hall–Kier alpha value is -0.160. The van der Waals surface area contributed by atoms with Gasteiger partial charge in [0.05, 0.1) is 13.2 Å². The highest BCUT2D eigenvalue weighted by Gasteiger charge is 2.21. The average Bonchev–Trinajstić information content (AvgIpc) is 2.37. The van der Waals surface area contributed by atoms with E-state index >= 15 is 0 Å². The third-order valence-corrected chi connectivity index (χ3v) is 3.73. The van der Waals surface area contributed by atoms with Crippen LogP contribution in [0, 0.1) is 5.92 Å². The summed E-state index contributed by atoms with van der Waals surface area (Å²) in [5, 5.41) is 3.63. The minimum Gasteiger partial charge on any atom is -0.382 e. The van der Waals surface area contributed by atoms with E-state index in [1.165, 1.54) is 25.9 Å². The van der Waals surface area contributed by atoms with Crippen LogP contribution in [0.25, 0.3) is 0 Å². The van der Waals surface area contributed by atoms with Crippen molar-refractivity contribution < 1.29 is 9.47 Å². The van der Waals surface area contributed by atoms with Gasteiger partial charge in [0.1, 0.15) is 0 Å². The van der Waals surface area contributed by atoms with Gasteiger partial charge < -0.3 is 19.7 Å². The van der Waals surface area contributed by atoms with Gasteiger partial charge in [-0.05, 0) is 52.2 Å². The fourth-order valence-corrected chi connectivity index (χ4v) is 2.53. The molecule has 0 aromatic heterocycles. The van der Waals surface area contributed by atoms with E-state index in [9.17, 15) is 0 Å². The molecule has 18 heavy (non-hydrogen) atoms. The predicted octanol–water partition coefficient (Wildman–Crippen LogP) is 1.36. The van der Waals surface area contributed by atoms with E-state index in [2.05, 4.69) is 24.2 Å². The molecule has 2 atom stereocenters. The molecule has 0 radical (unpaired) electrons. The number of hydrogen-bond donors (Lipinski definition) is 1. The smallest absolute Gasteiger partial charge is 0.0700 e. The molecular formula is C14H30N2O2. The van der Waals surface area contributed by atoms with Gasteiger partial charge in [0, 0.05) is 26.3 Å². The second kappa shape index (κ2) is 9.73. The monoisotopic (exact) mass is 258 g/mol. The number of methoxy groups -OCH3 is 1. The van der Waals surface area contributed by atoms with Crippen LogP contribution in [0.1, 0.15) is 26.2 Å². The minimum absolute atomic E-state index is 0.617. The van der Waals surface area contributed by atoms with E-state index in [0.29, 0.717) is 19.3 Å². The lowest BCUT2D eigenvalue weighted by Crippen LogP contribution is -2.43. The van der Waals surface area contributed by atoms with Crippen molar-refractivity contribution in [2.45, 2.75) is 32.2 Å². The molecule has 1 saturated heterocycles. The lowest BCUT2D eigenvalue weighted by molar-refractivity contribution is 0.0688. The first-order chi connectivity index (χ1) is 8.74. The van der Waals surface area contributed by atoms with E-state index < -0.39 is 0 Å². The highest BCUT2D eigenvalue weighted by molar-refractivity contribution is 4.78. The van der Waals surface area contributed by atoms with Gasteiger partial charge in [-0.15, -0.1) is 0 Å². The Kier molecular flexibility index (Phi) is 8.59. The molecule has 1 N–H and O–H groups in total. The molecule has 0 aromatic carbocycles. The maximum atomic E-state index is 5.45. The van der Waals surface area contributed by atoms with Gasteiger partial charge >= 0.3 is 0 Å². The fraction of sp³-hybridized carbons (Fsp3) is 1.00. The molecule has 0 spiro atoms. The number of rotatable bonds is 9. The van der Waals surface area contributed by atoms with Crippen molar-refractivity contribution in [3.05, 3.63) is 0 Å². The van der Waals surface area contributed by atoms with Gasteiger partial charge in [0.25, 0.3) is 0 Å². The summed E-state index contributed by atoms with van der Waals surface area (Å²) in [5.41, 5.74) is 0. The number of piperidine rings is 1. The first-order valence-electron chi connectivity index (χ1n) is 7.22. The van der Waals surface area contributed by atoms with E-state index in [1.807, 2.05) is 0 Å². The van der Waals surface area contributed by atoms with Crippen molar-refractivity contribution in [3.63, 3.8) is 0 Å². The lowest BCUT2D eigenvalue weighted by Gasteiger charge is -2.34. The molecule has 0 saturated carbocycles. The molecule has 0 aliphatic carbocycles. The summed E-state index contributed by atoms with van der Waals surface area (Å²) in [4.78, 5) is 2.44. The Morgan fingerprint density at radius 2 is 2.17 bits per heavy atom. The molecule has 1 fully saturated rings. The Morgan fingerprint density at radius 1 is 1.33 bits per heavy atom. The van der Waals surface area contributed by atoms with Crippen LogP contribution < -0.4 is 5.32 Å². The van der Waals surface area contributed by atoms with Crippen LogP contribution in [0.4, 0.5) is 0 Å². The van der Waals surface area contributed by atoms with Gasteiger partial charge in [0.15, 0.2) is 0 Å². The van der Waals surface area contributed by atoms with E-state index in [-0.39, 0.29) is 0 Å². The summed E-state index contributed by atoms with van der Waals surface area (Å²) in [6.45, 7) is 8.09. The maximum absolute atomic E-state index is 5.45. The van der Waals surface area contributed by atoms with Crippen molar-refractivity contribution >= 4 is 0 Å².